The molecular formula is C9H9BBrNO2. The third-order valence-corrected chi connectivity index (χ3v) is 2.17. The molecule has 0 aromatic heterocycles. The Kier molecular flexibility index (Phi) is 4.69. The van der Waals surface area contributed by atoms with E-state index in [1.165, 1.54) is 0 Å². The Bertz CT molecular complexity index is 302. The second kappa shape index (κ2) is 5.83. The molecule has 0 fully saturated rings. The van der Waals surface area contributed by atoms with Crippen LogP contribution in [-0.2, 0) is 16.0 Å². The zero-order chi connectivity index (χ0) is 10.4. The fourth-order valence-electron chi connectivity index (χ4n) is 0.953. The molecule has 0 aliphatic heterocycles. The summed E-state index contributed by atoms with van der Waals surface area (Å²) in [5.74, 6) is -0.470. The van der Waals surface area contributed by atoms with Gasteiger partial charge in [-0.3, -0.25) is 4.79 Å². The normalized spacial score (nSPS) is 9.79. The van der Waals surface area contributed by atoms with Crippen molar-refractivity contribution >= 4 is 29.9 Å². The van der Waals surface area contributed by atoms with Gasteiger partial charge in [-0.1, -0.05) is 28.1 Å². The molecule has 0 aliphatic carbocycles. The van der Waals surface area contributed by atoms with Crippen LogP contribution in [0.3, 0.4) is 0 Å². The average molecular weight is 254 g/mol. The van der Waals surface area contributed by atoms with E-state index in [1.54, 1.807) is 0 Å². The number of nitrogens with one attached hydrogen (secondary N) is 1. The van der Waals surface area contributed by atoms with E-state index < -0.39 is 5.97 Å². The third-order valence-electron chi connectivity index (χ3n) is 1.64. The number of rotatable bonds is 4. The van der Waals surface area contributed by atoms with E-state index in [9.17, 15) is 4.79 Å². The molecule has 0 saturated carbocycles. The molecule has 1 N–H and O–H groups in total. The van der Waals surface area contributed by atoms with Crippen molar-refractivity contribution in [1.82, 2.24) is 5.32 Å². The van der Waals surface area contributed by atoms with Gasteiger partial charge in [0.2, 0.25) is 0 Å². The van der Waals surface area contributed by atoms with E-state index in [-0.39, 0.29) is 6.54 Å². The first-order chi connectivity index (χ1) is 6.72. The molecule has 1 aromatic carbocycles. The molecule has 1 aromatic rings. The fourth-order valence-corrected chi connectivity index (χ4v) is 1.22. The van der Waals surface area contributed by atoms with Crippen LogP contribution in [-0.4, -0.2) is 20.6 Å². The molecule has 0 saturated heterocycles. The Morgan fingerprint density at radius 1 is 1.43 bits per heavy atom. The zero-order valence-electron chi connectivity index (χ0n) is 7.50. The number of halogens is 1. The Hall–Kier alpha value is -0.805. The molecule has 0 unspecified atom stereocenters. The molecular weight excluding hydrogens is 245 g/mol. The Morgan fingerprint density at radius 2 is 2.07 bits per heavy atom. The van der Waals surface area contributed by atoms with Crippen molar-refractivity contribution in [2.24, 2.45) is 0 Å². The lowest BCUT2D eigenvalue weighted by Crippen LogP contribution is -2.23. The molecule has 3 nitrogen and oxygen atoms in total. The topological polar surface area (TPSA) is 38.3 Å². The first-order valence-corrected chi connectivity index (χ1v) is 4.86. The Morgan fingerprint density at radius 3 is 2.64 bits per heavy atom. The van der Waals surface area contributed by atoms with Gasteiger partial charge in [-0.2, -0.15) is 0 Å². The highest BCUT2D eigenvalue weighted by atomic mass is 79.9. The number of benzene rings is 1. The highest BCUT2D eigenvalue weighted by molar-refractivity contribution is 9.10. The van der Waals surface area contributed by atoms with Gasteiger partial charge in [0.1, 0.15) is 0 Å². The molecule has 0 spiro atoms. The van der Waals surface area contributed by atoms with Crippen LogP contribution in [0.1, 0.15) is 5.56 Å². The summed E-state index contributed by atoms with van der Waals surface area (Å²) >= 11 is 3.34. The highest BCUT2D eigenvalue weighted by Crippen LogP contribution is 2.09. The summed E-state index contributed by atoms with van der Waals surface area (Å²) in [6.45, 7) is 0.731. The van der Waals surface area contributed by atoms with Gasteiger partial charge in [-0.15, -0.1) is 0 Å². The van der Waals surface area contributed by atoms with Crippen molar-refractivity contribution in [2.75, 3.05) is 6.54 Å². The summed E-state index contributed by atoms with van der Waals surface area (Å²) in [6, 6.07) is 7.81. The Labute approximate surface area is 92.4 Å². The van der Waals surface area contributed by atoms with Crippen LogP contribution in [0.15, 0.2) is 28.7 Å². The predicted octanol–water partition coefficient (Wildman–Crippen LogP) is 1.17. The first-order valence-electron chi connectivity index (χ1n) is 4.07. The second-order valence-corrected chi connectivity index (χ2v) is 3.64. The summed E-state index contributed by atoms with van der Waals surface area (Å²) in [5.41, 5.74) is 1.10. The smallest absolute Gasteiger partial charge is 0.378 e. The van der Waals surface area contributed by atoms with Gasteiger partial charge in [0.25, 0.3) is 0 Å². The SMILES string of the molecule is [B]OC(=O)CNCc1ccc(Br)cc1. The summed E-state index contributed by atoms with van der Waals surface area (Å²) in [6.07, 6.45) is 0. The summed E-state index contributed by atoms with van der Waals surface area (Å²) in [5, 5.41) is 2.90. The molecule has 2 radical (unpaired) electrons. The molecule has 0 heterocycles. The van der Waals surface area contributed by atoms with E-state index in [1.807, 2.05) is 24.3 Å². The van der Waals surface area contributed by atoms with Gasteiger partial charge in [0.05, 0.1) is 6.54 Å². The van der Waals surface area contributed by atoms with Gasteiger partial charge in [0, 0.05) is 11.0 Å². The monoisotopic (exact) mass is 253 g/mol. The first kappa shape index (κ1) is 11.3. The number of hydrogen-bond donors (Lipinski definition) is 1. The summed E-state index contributed by atoms with van der Waals surface area (Å²) in [7, 11) is 4.68. The minimum atomic E-state index is -0.470. The second-order valence-electron chi connectivity index (χ2n) is 2.72. The van der Waals surface area contributed by atoms with Gasteiger partial charge in [0.15, 0.2) is 0 Å². The van der Waals surface area contributed by atoms with Crippen molar-refractivity contribution < 1.29 is 9.45 Å². The van der Waals surface area contributed by atoms with Crippen LogP contribution in [0.2, 0.25) is 0 Å². The number of carbonyl (C=O) groups excluding carboxylic acids is 1. The fraction of sp³-hybridized carbons (Fsp3) is 0.222. The molecule has 72 valence electrons. The minimum absolute atomic E-state index is 0.118. The highest BCUT2D eigenvalue weighted by Gasteiger charge is 1.98. The van der Waals surface area contributed by atoms with Crippen molar-refractivity contribution in [3.8, 4) is 0 Å². The molecule has 5 heteroatoms. The van der Waals surface area contributed by atoms with E-state index in [0.717, 1.165) is 10.0 Å². The third kappa shape index (κ3) is 3.94. The molecule has 0 bridgehead atoms. The number of hydrogen-bond acceptors (Lipinski definition) is 3. The molecule has 0 atom stereocenters. The summed E-state index contributed by atoms with van der Waals surface area (Å²) in [4.78, 5) is 10.6. The van der Waals surface area contributed by atoms with Crippen LogP contribution < -0.4 is 5.32 Å². The molecule has 1 rings (SSSR count). The predicted molar refractivity (Wildman–Crippen MR) is 57.7 cm³/mol. The molecule has 0 aliphatic rings. The van der Waals surface area contributed by atoms with Crippen LogP contribution in [0.25, 0.3) is 0 Å². The van der Waals surface area contributed by atoms with Crippen LogP contribution in [0.5, 0.6) is 0 Å². The van der Waals surface area contributed by atoms with Crippen molar-refractivity contribution in [1.29, 1.82) is 0 Å². The van der Waals surface area contributed by atoms with Crippen molar-refractivity contribution in [3.63, 3.8) is 0 Å². The van der Waals surface area contributed by atoms with Crippen LogP contribution >= 0.6 is 15.9 Å². The van der Waals surface area contributed by atoms with Gasteiger partial charge in [-0.05, 0) is 17.7 Å². The molecule has 14 heavy (non-hydrogen) atoms. The van der Waals surface area contributed by atoms with E-state index in [4.69, 9.17) is 0 Å². The average Bonchev–Trinajstić information content (AvgIpc) is 2.21. The zero-order valence-corrected chi connectivity index (χ0v) is 9.08. The van der Waals surface area contributed by atoms with Gasteiger partial charge in [-0.25, -0.2) is 0 Å². The van der Waals surface area contributed by atoms with Crippen molar-refractivity contribution in [2.45, 2.75) is 6.54 Å². The lowest BCUT2D eigenvalue weighted by molar-refractivity contribution is -0.133. The maximum Gasteiger partial charge on any atom is 0.378 e. The van der Waals surface area contributed by atoms with E-state index in [2.05, 4.69) is 34.0 Å². The van der Waals surface area contributed by atoms with Crippen LogP contribution in [0, 0.1) is 0 Å². The minimum Gasteiger partial charge on any atom is -0.542 e. The number of carbonyl (C=O) groups is 1. The van der Waals surface area contributed by atoms with E-state index >= 15 is 0 Å². The van der Waals surface area contributed by atoms with Gasteiger partial charge < -0.3 is 9.97 Å². The van der Waals surface area contributed by atoms with Gasteiger partial charge >= 0.3 is 14.0 Å². The van der Waals surface area contributed by atoms with Crippen molar-refractivity contribution in [3.05, 3.63) is 34.3 Å². The Balaban J connectivity index is 2.31. The maximum atomic E-state index is 10.6. The summed E-state index contributed by atoms with van der Waals surface area (Å²) < 4.78 is 5.03. The maximum absolute atomic E-state index is 10.6. The van der Waals surface area contributed by atoms with E-state index in [0.29, 0.717) is 6.54 Å². The quantitative estimate of drug-likeness (QED) is 0.819. The lowest BCUT2D eigenvalue weighted by atomic mass is 10.2. The largest absolute Gasteiger partial charge is 0.542 e. The standard InChI is InChI=1S/C9H9BBrNO2/c10-14-9(13)6-12-5-7-1-3-8(11)4-2-7/h1-4,12H,5-6H2. The van der Waals surface area contributed by atoms with Crippen LogP contribution in [0.4, 0.5) is 0 Å². The molecule has 0 amide bonds. The lowest BCUT2D eigenvalue weighted by Gasteiger charge is -2.03.